The molecule has 0 aliphatic rings. The van der Waals surface area contributed by atoms with E-state index in [2.05, 4.69) is 0 Å². The van der Waals surface area contributed by atoms with Crippen LogP contribution in [-0.2, 0) is 0 Å². The predicted molar refractivity (Wildman–Crippen MR) is 65.4 cm³/mol. The molecular formula is C13H20F3N. The van der Waals surface area contributed by atoms with Crippen molar-refractivity contribution in [3.8, 4) is 0 Å². The maximum absolute atomic E-state index is 12.6. The molecular weight excluding hydrogens is 227 g/mol. The second-order valence-corrected chi connectivity index (χ2v) is 4.85. The van der Waals surface area contributed by atoms with Crippen molar-refractivity contribution >= 4 is 6.21 Å². The van der Waals surface area contributed by atoms with Crippen molar-refractivity contribution in [1.82, 2.24) is 0 Å². The molecule has 0 heterocycles. The molecule has 0 aromatic heterocycles. The van der Waals surface area contributed by atoms with Gasteiger partial charge in [0.25, 0.3) is 0 Å². The van der Waals surface area contributed by atoms with E-state index in [1.165, 1.54) is 0 Å². The molecule has 1 N–H and O–H groups in total. The van der Waals surface area contributed by atoms with Crippen LogP contribution in [0, 0.1) is 10.8 Å². The first kappa shape index (κ1) is 15.9. The van der Waals surface area contributed by atoms with Crippen LogP contribution in [0.25, 0.3) is 0 Å². The second-order valence-electron chi connectivity index (χ2n) is 4.85. The van der Waals surface area contributed by atoms with E-state index in [0.29, 0.717) is 5.57 Å². The molecule has 98 valence electrons. The van der Waals surface area contributed by atoms with Crippen molar-refractivity contribution in [3.63, 3.8) is 0 Å². The zero-order chi connectivity index (χ0) is 13.9. The zero-order valence-electron chi connectivity index (χ0n) is 11.0. The van der Waals surface area contributed by atoms with Crippen LogP contribution in [0.15, 0.2) is 22.8 Å². The standard InChI is InChI=1S/C13H20F3N/c1-6-12(4,5)7-9(2)11(8-17)10(3)13(14,15)16/h7-8,17H,6H2,1-5H3/b9-7+,11-10-,17-8?. The average molecular weight is 247 g/mol. The number of allylic oxidation sites excluding steroid dienone is 4. The molecule has 0 radical (unpaired) electrons. The largest absolute Gasteiger partial charge is 0.413 e. The summed E-state index contributed by atoms with van der Waals surface area (Å²) in [5, 5.41) is 7.14. The molecule has 0 unspecified atom stereocenters. The fourth-order valence-corrected chi connectivity index (χ4v) is 1.44. The van der Waals surface area contributed by atoms with Crippen molar-refractivity contribution in [2.45, 2.75) is 47.2 Å². The minimum atomic E-state index is -4.38. The molecule has 0 aliphatic carbocycles. The van der Waals surface area contributed by atoms with Gasteiger partial charge in [-0.3, -0.25) is 0 Å². The molecule has 0 saturated heterocycles. The molecule has 0 aliphatic heterocycles. The highest BCUT2D eigenvalue weighted by molar-refractivity contribution is 5.83. The van der Waals surface area contributed by atoms with E-state index in [0.717, 1.165) is 19.6 Å². The summed E-state index contributed by atoms with van der Waals surface area (Å²) in [7, 11) is 0. The number of halogens is 3. The van der Waals surface area contributed by atoms with Crippen LogP contribution in [-0.4, -0.2) is 12.4 Å². The van der Waals surface area contributed by atoms with E-state index in [-0.39, 0.29) is 11.0 Å². The quantitative estimate of drug-likeness (QED) is 0.540. The van der Waals surface area contributed by atoms with Gasteiger partial charge in [0.05, 0.1) is 0 Å². The Balaban J connectivity index is 5.52. The third-order valence-corrected chi connectivity index (χ3v) is 2.92. The monoisotopic (exact) mass is 247 g/mol. The Morgan fingerprint density at radius 3 is 1.94 bits per heavy atom. The summed E-state index contributed by atoms with van der Waals surface area (Å²) in [6, 6.07) is 0. The lowest BCUT2D eigenvalue weighted by Gasteiger charge is -2.20. The van der Waals surface area contributed by atoms with Gasteiger partial charge in [0.2, 0.25) is 0 Å². The van der Waals surface area contributed by atoms with Gasteiger partial charge in [0, 0.05) is 17.4 Å². The van der Waals surface area contributed by atoms with Crippen LogP contribution >= 0.6 is 0 Å². The van der Waals surface area contributed by atoms with E-state index in [1.807, 2.05) is 20.8 Å². The lowest BCUT2D eigenvalue weighted by Crippen LogP contribution is -2.14. The van der Waals surface area contributed by atoms with Gasteiger partial charge in [-0.15, -0.1) is 0 Å². The topological polar surface area (TPSA) is 23.9 Å². The van der Waals surface area contributed by atoms with Gasteiger partial charge in [-0.1, -0.05) is 26.8 Å². The molecule has 4 heteroatoms. The summed E-state index contributed by atoms with van der Waals surface area (Å²) >= 11 is 0. The van der Waals surface area contributed by atoms with Crippen LogP contribution in [0.1, 0.15) is 41.0 Å². The molecule has 0 atom stereocenters. The summed E-state index contributed by atoms with van der Waals surface area (Å²) < 4.78 is 37.7. The minimum absolute atomic E-state index is 0.0426. The van der Waals surface area contributed by atoms with Crippen LogP contribution in [0.3, 0.4) is 0 Å². The third-order valence-electron chi connectivity index (χ3n) is 2.92. The van der Waals surface area contributed by atoms with Gasteiger partial charge in [0.1, 0.15) is 0 Å². The molecule has 0 saturated carbocycles. The van der Waals surface area contributed by atoms with Gasteiger partial charge in [-0.2, -0.15) is 13.2 Å². The first-order chi connectivity index (χ1) is 7.55. The van der Waals surface area contributed by atoms with Crippen molar-refractivity contribution in [1.29, 1.82) is 5.41 Å². The highest BCUT2D eigenvalue weighted by Gasteiger charge is 2.32. The molecule has 0 bridgehead atoms. The molecule has 17 heavy (non-hydrogen) atoms. The van der Waals surface area contributed by atoms with Gasteiger partial charge in [-0.05, 0) is 31.3 Å². The van der Waals surface area contributed by atoms with Gasteiger partial charge < -0.3 is 5.41 Å². The van der Waals surface area contributed by atoms with Crippen LogP contribution in [0.2, 0.25) is 0 Å². The Kier molecular flexibility index (Phi) is 5.17. The molecule has 0 amide bonds. The Bertz CT molecular complexity index is 346. The normalized spacial score (nSPS) is 15.6. The third kappa shape index (κ3) is 4.75. The molecule has 0 aromatic rings. The van der Waals surface area contributed by atoms with Crippen LogP contribution in [0.5, 0.6) is 0 Å². The molecule has 0 spiro atoms. The van der Waals surface area contributed by atoms with Crippen molar-refractivity contribution in [2.75, 3.05) is 0 Å². The van der Waals surface area contributed by atoms with Crippen LogP contribution < -0.4 is 0 Å². The maximum Gasteiger partial charge on any atom is 0.413 e. The SMILES string of the molecule is CCC(C)(C)/C=C(C)/C(C=N)=C(/C)C(F)(F)F. The van der Waals surface area contributed by atoms with E-state index < -0.39 is 11.7 Å². The summed E-state index contributed by atoms with van der Waals surface area (Å²) in [6.45, 7) is 8.53. The van der Waals surface area contributed by atoms with Crippen molar-refractivity contribution in [2.24, 2.45) is 5.41 Å². The summed E-state index contributed by atoms with van der Waals surface area (Å²) in [5.41, 5.74) is -0.418. The maximum atomic E-state index is 12.6. The highest BCUT2D eigenvalue weighted by atomic mass is 19.4. The number of nitrogens with one attached hydrogen (secondary N) is 1. The molecule has 0 aromatic carbocycles. The highest BCUT2D eigenvalue weighted by Crippen LogP contribution is 2.32. The lowest BCUT2D eigenvalue weighted by molar-refractivity contribution is -0.0917. The van der Waals surface area contributed by atoms with Gasteiger partial charge >= 0.3 is 6.18 Å². The Labute approximate surface area is 101 Å². The number of hydrogen-bond donors (Lipinski definition) is 1. The van der Waals surface area contributed by atoms with Crippen molar-refractivity contribution in [3.05, 3.63) is 22.8 Å². The second kappa shape index (κ2) is 5.52. The molecule has 1 nitrogen and oxygen atoms in total. The smallest absolute Gasteiger partial charge is 0.308 e. The lowest BCUT2D eigenvalue weighted by atomic mass is 9.86. The van der Waals surface area contributed by atoms with Gasteiger partial charge in [-0.25, -0.2) is 0 Å². The Morgan fingerprint density at radius 1 is 1.18 bits per heavy atom. The zero-order valence-corrected chi connectivity index (χ0v) is 11.0. The average Bonchev–Trinajstić information content (AvgIpc) is 2.16. The number of hydrogen-bond acceptors (Lipinski definition) is 1. The fraction of sp³-hybridized carbons (Fsp3) is 0.615. The molecule has 0 fully saturated rings. The van der Waals surface area contributed by atoms with E-state index in [9.17, 15) is 13.2 Å². The Hall–Kier alpha value is -1.06. The fourth-order valence-electron chi connectivity index (χ4n) is 1.44. The van der Waals surface area contributed by atoms with E-state index >= 15 is 0 Å². The first-order valence-corrected chi connectivity index (χ1v) is 5.53. The summed E-state index contributed by atoms with van der Waals surface area (Å²) in [4.78, 5) is 0. The van der Waals surface area contributed by atoms with E-state index in [1.54, 1.807) is 13.0 Å². The van der Waals surface area contributed by atoms with E-state index in [4.69, 9.17) is 5.41 Å². The first-order valence-electron chi connectivity index (χ1n) is 5.53. The summed E-state index contributed by atoms with van der Waals surface area (Å²) in [5.74, 6) is 0. The predicted octanol–water partition coefficient (Wildman–Crippen LogP) is 4.90. The van der Waals surface area contributed by atoms with Crippen LogP contribution in [0.4, 0.5) is 13.2 Å². The number of alkyl halides is 3. The minimum Gasteiger partial charge on any atom is -0.308 e. The van der Waals surface area contributed by atoms with Crippen molar-refractivity contribution < 1.29 is 13.2 Å². The number of rotatable bonds is 4. The summed E-state index contributed by atoms with van der Waals surface area (Å²) in [6.07, 6.45) is -0.970. The molecule has 0 rings (SSSR count). The van der Waals surface area contributed by atoms with Gasteiger partial charge in [0.15, 0.2) is 0 Å². The Morgan fingerprint density at radius 2 is 1.65 bits per heavy atom.